The predicted octanol–water partition coefficient (Wildman–Crippen LogP) is 1.30. The Kier molecular flexibility index (Phi) is 5.83. The van der Waals surface area contributed by atoms with E-state index in [4.69, 9.17) is 9.47 Å². The van der Waals surface area contributed by atoms with E-state index in [9.17, 15) is 9.90 Å². The van der Waals surface area contributed by atoms with Gasteiger partial charge in [0.1, 0.15) is 0 Å². The molecule has 1 atom stereocenters. The molecule has 0 spiro atoms. The first-order valence-electron chi connectivity index (χ1n) is 7.22. The molecule has 2 rings (SSSR count). The lowest BCUT2D eigenvalue weighted by molar-refractivity contribution is 0.122. The summed E-state index contributed by atoms with van der Waals surface area (Å²) >= 11 is 0. The van der Waals surface area contributed by atoms with Crippen molar-refractivity contribution in [2.75, 3.05) is 44.4 Å². The number of carbonyl (C=O) groups is 1. The molecule has 1 saturated heterocycles. The van der Waals surface area contributed by atoms with E-state index in [2.05, 4.69) is 10.2 Å². The van der Waals surface area contributed by atoms with Gasteiger partial charge in [0.15, 0.2) is 0 Å². The molecule has 6 heteroatoms. The highest BCUT2D eigenvalue weighted by molar-refractivity contribution is 5.67. The fourth-order valence-corrected chi connectivity index (χ4v) is 2.21. The Morgan fingerprint density at radius 3 is 2.67 bits per heavy atom. The highest BCUT2D eigenvalue weighted by atomic mass is 16.5. The SMILES string of the molecule is CCOC(=O)NCC(O)c1ccc(N2CCOCC2)cc1. The average Bonchev–Trinajstić information content (AvgIpc) is 2.54. The Labute approximate surface area is 124 Å². The van der Waals surface area contributed by atoms with Crippen molar-refractivity contribution in [2.24, 2.45) is 0 Å². The summed E-state index contributed by atoms with van der Waals surface area (Å²) in [4.78, 5) is 13.4. The van der Waals surface area contributed by atoms with Gasteiger partial charge in [-0.05, 0) is 24.6 Å². The van der Waals surface area contributed by atoms with Gasteiger partial charge in [0.2, 0.25) is 0 Å². The van der Waals surface area contributed by atoms with Gasteiger partial charge in [-0.3, -0.25) is 0 Å². The van der Waals surface area contributed by atoms with Gasteiger partial charge in [-0.2, -0.15) is 0 Å². The maximum absolute atomic E-state index is 11.2. The quantitative estimate of drug-likeness (QED) is 0.856. The zero-order valence-electron chi connectivity index (χ0n) is 12.2. The van der Waals surface area contributed by atoms with Gasteiger partial charge in [0.25, 0.3) is 0 Å². The van der Waals surface area contributed by atoms with E-state index >= 15 is 0 Å². The van der Waals surface area contributed by atoms with Crippen LogP contribution in [0.2, 0.25) is 0 Å². The van der Waals surface area contributed by atoms with Crippen molar-refractivity contribution in [3.05, 3.63) is 29.8 Å². The lowest BCUT2D eigenvalue weighted by Gasteiger charge is -2.29. The highest BCUT2D eigenvalue weighted by Crippen LogP contribution is 2.20. The minimum absolute atomic E-state index is 0.135. The van der Waals surface area contributed by atoms with Crippen molar-refractivity contribution in [3.63, 3.8) is 0 Å². The molecule has 1 aliphatic heterocycles. The van der Waals surface area contributed by atoms with Crippen LogP contribution in [0.5, 0.6) is 0 Å². The molecular weight excluding hydrogens is 272 g/mol. The van der Waals surface area contributed by atoms with Crippen LogP contribution in [-0.2, 0) is 9.47 Å². The first-order chi connectivity index (χ1) is 10.2. The molecule has 116 valence electrons. The molecule has 2 N–H and O–H groups in total. The van der Waals surface area contributed by atoms with Crippen molar-refractivity contribution in [2.45, 2.75) is 13.0 Å². The highest BCUT2D eigenvalue weighted by Gasteiger charge is 2.13. The summed E-state index contributed by atoms with van der Waals surface area (Å²) in [6.45, 7) is 5.44. The van der Waals surface area contributed by atoms with E-state index in [1.54, 1.807) is 6.92 Å². The van der Waals surface area contributed by atoms with E-state index in [0.29, 0.717) is 6.61 Å². The van der Waals surface area contributed by atoms with Crippen LogP contribution in [-0.4, -0.2) is 50.7 Å². The fraction of sp³-hybridized carbons (Fsp3) is 0.533. The summed E-state index contributed by atoms with van der Waals surface area (Å²) in [6.07, 6.45) is -1.25. The number of hydrogen-bond acceptors (Lipinski definition) is 5. The number of amides is 1. The standard InChI is InChI=1S/C15H22N2O4/c1-2-21-15(19)16-11-14(18)12-3-5-13(6-4-12)17-7-9-20-10-8-17/h3-6,14,18H,2,7-11H2,1H3,(H,16,19). The molecule has 1 fully saturated rings. The van der Waals surface area contributed by atoms with Crippen LogP contribution in [0.3, 0.4) is 0 Å². The molecule has 1 aromatic rings. The number of carbonyl (C=O) groups excluding carboxylic acids is 1. The summed E-state index contributed by atoms with van der Waals surface area (Å²) in [7, 11) is 0. The summed E-state index contributed by atoms with van der Waals surface area (Å²) in [5.41, 5.74) is 1.89. The Morgan fingerprint density at radius 2 is 2.05 bits per heavy atom. The maximum Gasteiger partial charge on any atom is 0.407 e. The number of hydrogen-bond donors (Lipinski definition) is 2. The lowest BCUT2D eigenvalue weighted by Crippen LogP contribution is -2.36. The second-order valence-electron chi connectivity index (χ2n) is 4.81. The van der Waals surface area contributed by atoms with Gasteiger partial charge in [-0.1, -0.05) is 12.1 Å². The second-order valence-corrected chi connectivity index (χ2v) is 4.81. The molecule has 0 aromatic heterocycles. The molecule has 1 unspecified atom stereocenters. The summed E-state index contributed by atoms with van der Waals surface area (Å²) < 4.78 is 10.1. The topological polar surface area (TPSA) is 71.0 Å². The third kappa shape index (κ3) is 4.61. The van der Waals surface area contributed by atoms with Crippen molar-refractivity contribution in [1.29, 1.82) is 0 Å². The molecule has 6 nitrogen and oxygen atoms in total. The van der Waals surface area contributed by atoms with Crippen molar-refractivity contribution in [3.8, 4) is 0 Å². The van der Waals surface area contributed by atoms with Crippen molar-refractivity contribution >= 4 is 11.8 Å². The molecule has 0 bridgehead atoms. The number of benzene rings is 1. The molecule has 21 heavy (non-hydrogen) atoms. The number of aliphatic hydroxyl groups is 1. The maximum atomic E-state index is 11.2. The minimum atomic E-state index is -0.742. The molecule has 0 saturated carbocycles. The van der Waals surface area contributed by atoms with E-state index in [0.717, 1.165) is 37.6 Å². The van der Waals surface area contributed by atoms with Gasteiger partial charge in [0.05, 0.1) is 32.5 Å². The Bertz CT molecular complexity index is 443. The summed E-state index contributed by atoms with van der Waals surface area (Å²) in [5, 5.41) is 12.6. The van der Waals surface area contributed by atoms with Gasteiger partial charge < -0.3 is 24.8 Å². The van der Waals surface area contributed by atoms with Crippen LogP contribution in [0.15, 0.2) is 24.3 Å². The Morgan fingerprint density at radius 1 is 1.38 bits per heavy atom. The molecule has 1 aliphatic rings. The predicted molar refractivity (Wildman–Crippen MR) is 79.5 cm³/mol. The lowest BCUT2D eigenvalue weighted by atomic mass is 10.1. The van der Waals surface area contributed by atoms with Gasteiger partial charge in [-0.25, -0.2) is 4.79 Å². The fourth-order valence-electron chi connectivity index (χ4n) is 2.21. The van der Waals surface area contributed by atoms with E-state index < -0.39 is 12.2 Å². The average molecular weight is 294 g/mol. The van der Waals surface area contributed by atoms with E-state index in [-0.39, 0.29) is 6.54 Å². The molecular formula is C15H22N2O4. The monoisotopic (exact) mass is 294 g/mol. The smallest absolute Gasteiger partial charge is 0.407 e. The zero-order chi connectivity index (χ0) is 15.1. The number of anilines is 1. The van der Waals surface area contributed by atoms with Crippen LogP contribution < -0.4 is 10.2 Å². The van der Waals surface area contributed by atoms with E-state index in [1.807, 2.05) is 24.3 Å². The molecule has 1 aromatic carbocycles. The van der Waals surface area contributed by atoms with Crippen molar-refractivity contribution in [1.82, 2.24) is 5.32 Å². The number of nitrogens with zero attached hydrogens (tertiary/aromatic N) is 1. The molecule has 1 heterocycles. The van der Waals surface area contributed by atoms with Crippen LogP contribution in [0.25, 0.3) is 0 Å². The van der Waals surface area contributed by atoms with Crippen LogP contribution in [0.4, 0.5) is 10.5 Å². The van der Waals surface area contributed by atoms with Crippen LogP contribution in [0.1, 0.15) is 18.6 Å². The number of alkyl carbamates (subject to hydrolysis) is 1. The zero-order valence-corrected chi connectivity index (χ0v) is 12.2. The second kappa shape index (κ2) is 7.85. The number of aliphatic hydroxyl groups excluding tert-OH is 1. The first kappa shape index (κ1) is 15.6. The van der Waals surface area contributed by atoms with Crippen LogP contribution in [0, 0.1) is 0 Å². The third-order valence-corrected chi connectivity index (χ3v) is 3.37. The molecule has 1 amide bonds. The number of rotatable bonds is 5. The van der Waals surface area contributed by atoms with Crippen molar-refractivity contribution < 1.29 is 19.4 Å². The summed E-state index contributed by atoms with van der Waals surface area (Å²) in [5.74, 6) is 0. The summed E-state index contributed by atoms with van der Waals surface area (Å²) in [6, 6.07) is 7.72. The van der Waals surface area contributed by atoms with Gasteiger partial charge in [-0.15, -0.1) is 0 Å². The normalized spacial score (nSPS) is 16.4. The van der Waals surface area contributed by atoms with Gasteiger partial charge >= 0.3 is 6.09 Å². The van der Waals surface area contributed by atoms with E-state index in [1.165, 1.54) is 0 Å². The van der Waals surface area contributed by atoms with Gasteiger partial charge in [0, 0.05) is 18.8 Å². The van der Waals surface area contributed by atoms with Crippen LogP contribution >= 0.6 is 0 Å². The first-order valence-corrected chi connectivity index (χ1v) is 7.22. The number of ether oxygens (including phenoxy) is 2. The third-order valence-electron chi connectivity index (χ3n) is 3.37. The molecule has 0 aliphatic carbocycles. The Balaban J connectivity index is 1.87. The largest absolute Gasteiger partial charge is 0.450 e. The molecule has 0 radical (unpaired) electrons. The number of nitrogens with one attached hydrogen (secondary N) is 1. The number of morpholine rings is 1. The Hall–Kier alpha value is -1.79. The minimum Gasteiger partial charge on any atom is -0.450 e.